The van der Waals surface area contributed by atoms with Crippen LogP contribution in [0.25, 0.3) is 0 Å². The summed E-state index contributed by atoms with van der Waals surface area (Å²) in [5.41, 5.74) is 0.558. The number of ether oxygens (including phenoxy) is 2. The number of hydrogen-bond acceptors (Lipinski definition) is 4. The summed E-state index contributed by atoms with van der Waals surface area (Å²) in [7, 11) is 0. The Bertz CT molecular complexity index is 435. The summed E-state index contributed by atoms with van der Waals surface area (Å²) < 4.78 is 10.6. The first-order chi connectivity index (χ1) is 9.11. The lowest BCUT2D eigenvalue weighted by atomic mass is 10.2. The molecule has 1 N–H and O–H groups in total. The standard InChI is InChI=1S/C14H18N2O3/c1-11(2)18-8-7-16-14(17)10-19-13-5-3-12(9-15)4-6-13/h3-6,11H,7-8,10H2,1-2H3,(H,16,17). The van der Waals surface area contributed by atoms with Gasteiger partial charge in [0.2, 0.25) is 0 Å². The largest absolute Gasteiger partial charge is 0.484 e. The van der Waals surface area contributed by atoms with Crippen LogP contribution in [0.1, 0.15) is 19.4 Å². The Morgan fingerprint density at radius 2 is 2.05 bits per heavy atom. The molecule has 0 aliphatic heterocycles. The maximum Gasteiger partial charge on any atom is 0.258 e. The van der Waals surface area contributed by atoms with E-state index in [4.69, 9.17) is 14.7 Å². The molecule has 0 unspecified atom stereocenters. The van der Waals surface area contributed by atoms with E-state index in [2.05, 4.69) is 5.32 Å². The van der Waals surface area contributed by atoms with Crippen LogP contribution in [0.15, 0.2) is 24.3 Å². The van der Waals surface area contributed by atoms with Gasteiger partial charge in [0.05, 0.1) is 24.3 Å². The lowest BCUT2D eigenvalue weighted by molar-refractivity contribution is -0.123. The van der Waals surface area contributed by atoms with E-state index in [0.717, 1.165) is 0 Å². The zero-order valence-corrected chi connectivity index (χ0v) is 11.2. The predicted octanol–water partition coefficient (Wildman–Crippen LogP) is 1.48. The Morgan fingerprint density at radius 3 is 2.63 bits per heavy atom. The monoisotopic (exact) mass is 262 g/mol. The van der Waals surface area contributed by atoms with Crippen LogP contribution in [-0.2, 0) is 9.53 Å². The van der Waals surface area contributed by atoms with Gasteiger partial charge in [0, 0.05) is 6.54 Å². The van der Waals surface area contributed by atoms with Crippen molar-refractivity contribution >= 4 is 5.91 Å². The topological polar surface area (TPSA) is 71.3 Å². The number of hydrogen-bond donors (Lipinski definition) is 1. The fraction of sp³-hybridized carbons (Fsp3) is 0.429. The quantitative estimate of drug-likeness (QED) is 0.755. The average molecular weight is 262 g/mol. The van der Waals surface area contributed by atoms with Crippen molar-refractivity contribution in [3.63, 3.8) is 0 Å². The molecule has 0 aromatic heterocycles. The van der Waals surface area contributed by atoms with Crippen LogP contribution < -0.4 is 10.1 Å². The summed E-state index contributed by atoms with van der Waals surface area (Å²) in [6, 6.07) is 8.62. The summed E-state index contributed by atoms with van der Waals surface area (Å²) >= 11 is 0. The van der Waals surface area contributed by atoms with Crippen LogP contribution in [0, 0.1) is 11.3 Å². The van der Waals surface area contributed by atoms with E-state index >= 15 is 0 Å². The fourth-order valence-corrected chi connectivity index (χ4v) is 1.31. The van der Waals surface area contributed by atoms with Crippen molar-refractivity contribution in [1.82, 2.24) is 5.32 Å². The van der Waals surface area contributed by atoms with Crippen molar-refractivity contribution in [2.45, 2.75) is 20.0 Å². The summed E-state index contributed by atoms with van der Waals surface area (Å²) in [4.78, 5) is 11.4. The van der Waals surface area contributed by atoms with Crippen LogP contribution in [0.2, 0.25) is 0 Å². The maximum absolute atomic E-state index is 11.4. The van der Waals surface area contributed by atoms with E-state index < -0.39 is 0 Å². The molecule has 1 aromatic rings. The summed E-state index contributed by atoms with van der Waals surface area (Å²) in [6.07, 6.45) is 0.159. The zero-order chi connectivity index (χ0) is 14.1. The number of nitrogens with zero attached hydrogens (tertiary/aromatic N) is 1. The van der Waals surface area contributed by atoms with E-state index in [1.54, 1.807) is 24.3 Å². The summed E-state index contributed by atoms with van der Waals surface area (Å²) in [5.74, 6) is 0.365. The van der Waals surface area contributed by atoms with Crippen molar-refractivity contribution in [3.05, 3.63) is 29.8 Å². The number of benzene rings is 1. The van der Waals surface area contributed by atoms with Gasteiger partial charge in [-0.15, -0.1) is 0 Å². The number of nitriles is 1. The highest BCUT2D eigenvalue weighted by Crippen LogP contribution is 2.10. The third-order valence-corrected chi connectivity index (χ3v) is 2.23. The molecule has 0 saturated heterocycles. The zero-order valence-electron chi connectivity index (χ0n) is 11.2. The molecule has 5 heteroatoms. The lowest BCUT2D eigenvalue weighted by Gasteiger charge is -2.09. The van der Waals surface area contributed by atoms with Crippen LogP contribution in [0.3, 0.4) is 0 Å². The first-order valence-corrected chi connectivity index (χ1v) is 6.13. The normalized spacial score (nSPS) is 10.0. The SMILES string of the molecule is CC(C)OCCNC(=O)COc1ccc(C#N)cc1. The third-order valence-electron chi connectivity index (χ3n) is 2.23. The number of nitrogens with one attached hydrogen (secondary N) is 1. The smallest absolute Gasteiger partial charge is 0.258 e. The summed E-state index contributed by atoms with van der Waals surface area (Å²) in [6.45, 7) is 4.78. The highest BCUT2D eigenvalue weighted by molar-refractivity contribution is 5.77. The minimum Gasteiger partial charge on any atom is -0.484 e. The van der Waals surface area contributed by atoms with Crippen molar-refractivity contribution in [2.75, 3.05) is 19.8 Å². The van der Waals surface area contributed by atoms with Crippen molar-refractivity contribution < 1.29 is 14.3 Å². The van der Waals surface area contributed by atoms with Crippen LogP contribution in [0.5, 0.6) is 5.75 Å². The Morgan fingerprint density at radius 1 is 1.37 bits per heavy atom. The second kappa shape index (κ2) is 8.11. The van der Waals surface area contributed by atoms with Gasteiger partial charge in [-0.25, -0.2) is 0 Å². The van der Waals surface area contributed by atoms with Gasteiger partial charge in [-0.3, -0.25) is 4.79 Å². The molecule has 0 spiro atoms. The van der Waals surface area contributed by atoms with Crippen LogP contribution in [-0.4, -0.2) is 31.8 Å². The Hall–Kier alpha value is -2.06. The first kappa shape index (κ1) is 15.0. The molecule has 1 rings (SSSR count). The molecule has 1 aromatic carbocycles. The van der Waals surface area contributed by atoms with Gasteiger partial charge in [-0.2, -0.15) is 5.26 Å². The molecule has 102 valence electrons. The first-order valence-electron chi connectivity index (χ1n) is 6.13. The van der Waals surface area contributed by atoms with Crippen LogP contribution >= 0.6 is 0 Å². The number of carbonyl (C=O) groups excluding carboxylic acids is 1. The molecule has 0 atom stereocenters. The van der Waals surface area contributed by atoms with Gasteiger partial charge < -0.3 is 14.8 Å². The molecule has 0 radical (unpaired) electrons. The highest BCUT2D eigenvalue weighted by atomic mass is 16.5. The van der Waals surface area contributed by atoms with Gasteiger partial charge >= 0.3 is 0 Å². The molecule has 0 bridgehead atoms. The predicted molar refractivity (Wildman–Crippen MR) is 70.7 cm³/mol. The van der Waals surface area contributed by atoms with Gasteiger partial charge in [-0.05, 0) is 38.1 Å². The molecule has 0 aliphatic carbocycles. The van der Waals surface area contributed by atoms with Gasteiger partial charge in [0.1, 0.15) is 5.75 Å². The molecular weight excluding hydrogens is 244 g/mol. The Labute approximate surface area is 113 Å². The molecule has 19 heavy (non-hydrogen) atoms. The molecule has 0 heterocycles. The second-order valence-corrected chi connectivity index (χ2v) is 4.19. The van der Waals surface area contributed by atoms with E-state index in [1.807, 2.05) is 19.9 Å². The Kier molecular flexibility index (Phi) is 6.41. The minimum absolute atomic E-state index is 0.0480. The minimum atomic E-state index is -0.197. The van der Waals surface area contributed by atoms with E-state index in [1.165, 1.54) is 0 Å². The van der Waals surface area contributed by atoms with Gasteiger partial charge in [-0.1, -0.05) is 0 Å². The fourth-order valence-electron chi connectivity index (χ4n) is 1.31. The van der Waals surface area contributed by atoms with Crippen molar-refractivity contribution in [2.24, 2.45) is 0 Å². The molecule has 0 fully saturated rings. The average Bonchev–Trinajstić information content (AvgIpc) is 2.41. The van der Waals surface area contributed by atoms with E-state index in [-0.39, 0.29) is 18.6 Å². The summed E-state index contributed by atoms with van der Waals surface area (Å²) in [5, 5.41) is 11.3. The van der Waals surface area contributed by atoms with Gasteiger partial charge in [0.15, 0.2) is 6.61 Å². The lowest BCUT2D eigenvalue weighted by Crippen LogP contribution is -2.32. The molecule has 1 amide bonds. The highest BCUT2D eigenvalue weighted by Gasteiger charge is 2.02. The van der Waals surface area contributed by atoms with E-state index in [9.17, 15) is 4.79 Å². The Balaban J connectivity index is 2.20. The molecule has 5 nitrogen and oxygen atoms in total. The number of rotatable bonds is 7. The molecule has 0 aliphatic rings. The van der Waals surface area contributed by atoms with Crippen molar-refractivity contribution in [1.29, 1.82) is 5.26 Å². The molecule has 0 saturated carbocycles. The number of carbonyl (C=O) groups is 1. The number of amides is 1. The van der Waals surface area contributed by atoms with Crippen molar-refractivity contribution in [3.8, 4) is 11.8 Å². The van der Waals surface area contributed by atoms with E-state index in [0.29, 0.717) is 24.5 Å². The third kappa shape index (κ3) is 6.43. The molecular formula is C14H18N2O3. The maximum atomic E-state index is 11.4. The van der Waals surface area contributed by atoms with Gasteiger partial charge in [0.25, 0.3) is 5.91 Å². The van der Waals surface area contributed by atoms with Crippen LogP contribution in [0.4, 0.5) is 0 Å². The second-order valence-electron chi connectivity index (χ2n) is 4.19.